The molecule has 0 radical (unpaired) electrons. The molecule has 0 N–H and O–H groups in total. The summed E-state index contributed by atoms with van der Waals surface area (Å²) >= 11 is 12.1. The molecule has 0 amide bonds. The minimum absolute atomic E-state index is 0.171. The van der Waals surface area contributed by atoms with Gasteiger partial charge in [-0.1, -0.05) is 59.6 Å². The Morgan fingerprint density at radius 2 is 1.65 bits per heavy atom. The van der Waals surface area contributed by atoms with Crippen LogP contribution in [0.4, 0.5) is 0 Å². The average molecular weight is 324 g/mol. The van der Waals surface area contributed by atoms with Crippen LogP contribution in [0.1, 0.15) is 11.5 Å². The summed E-state index contributed by atoms with van der Waals surface area (Å²) in [4.78, 5) is 0.395. The topological polar surface area (TPSA) is 40.9 Å². The average Bonchev–Trinajstić information content (AvgIpc) is 2.45. The van der Waals surface area contributed by atoms with E-state index in [4.69, 9.17) is 23.2 Å². The Morgan fingerprint density at radius 3 is 2.20 bits per heavy atom. The van der Waals surface area contributed by atoms with Gasteiger partial charge in [-0.25, -0.2) is 0 Å². The molecule has 2 atom stereocenters. The van der Waals surface area contributed by atoms with Gasteiger partial charge in [0.05, 0.1) is 37.7 Å². The Morgan fingerprint density at radius 1 is 1.05 bits per heavy atom. The standard InChI is InChI=1S/C15H11Cl2NOS/c16-13-7-4-8-14(17)15(13)20(19)10-12(9-18)11-5-2-1-3-6-11/h1-8,12H,10H2. The van der Waals surface area contributed by atoms with Crippen molar-refractivity contribution in [3.63, 3.8) is 0 Å². The fraction of sp³-hybridized carbons (Fsp3) is 0.133. The quantitative estimate of drug-likeness (QED) is 0.836. The number of rotatable bonds is 4. The zero-order valence-corrected chi connectivity index (χ0v) is 12.8. The highest BCUT2D eigenvalue weighted by Gasteiger charge is 2.19. The summed E-state index contributed by atoms with van der Waals surface area (Å²) in [7, 11) is -1.42. The Balaban J connectivity index is 2.25. The summed E-state index contributed by atoms with van der Waals surface area (Å²) < 4.78 is 12.4. The zero-order chi connectivity index (χ0) is 14.5. The molecular weight excluding hydrogens is 313 g/mol. The highest BCUT2D eigenvalue weighted by molar-refractivity contribution is 7.85. The molecule has 2 unspecified atom stereocenters. The summed E-state index contributed by atoms with van der Waals surface area (Å²) in [6.45, 7) is 0. The van der Waals surface area contributed by atoms with Crippen molar-refractivity contribution >= 4 is 34.0 Å². The van der Waals surface area contributed by atoms with Gasteiger partial charge in [0.25, 0.3) is 0 Å². The smallest absolute Gasteiger partial charge is 0.0831 e. The van der Waals surface area contributed by atoms with Crippen LogP contribution in [0.2, 0.25) is 10.0 Å². The van der Waals surface area contributed by atoms with Crippen LogP contribution in [0.3, 0.4) is 0 Å². The predicted molar refractivity (Wildman–Crippen MR) is 82.5 cm³/mol. The van der Waals surface area contributed by atoms with Gasteiger partial charge in [-0.15, -0.1) is 0 Å². The molecule has 0 fully saturated rings. The minimum Gasteiger partial charge on any atom is -0.254 e. The van der Waals surface area contributed by atoms with Crippen LogP contribution < -0.4 is 0 Å². The van der Waals surface area contributed by atoms with E-state index < -0.39 is 16.7 Å². The Hall–Kier alpha value is -1.34. The van der Waals surface area contributed by atoms with Gasteiger partial charge in [-0.3, -0.25) is 4.21 Å². The van der Waals surface area contributed by atoms with E-state index in [-0.39, 0.29) is 5.75 Å². The number of nitriles is 1. The van der Waals surface area contributed by atoms with Gasteiger partial charge in [-0.05, 0) is 17.7 Å². The molecule has 2 rings (SSSR count). The monoisotopic (exact) mass is 323 g/mol. The van der Waals surface area contributed by atoms with Gasteiger partial charge in [-0.2, -0.15) is 5.26 Å². The first-order valence-corrected chi connectivity index (χ1v) is 7.98. The van der Waals surface area contributed by atoms with Crippen molar-refractivity contribution in [2.45, 2.75) is 10.8 Å². The fourth-order valence-electron chi connectivity index (χ4n) is 1.83. The first kappa shape index (κ1) is 15.1. The van der Waals surface area contributed by atoms with Gasteiger partial charge >= 0.3 is 0 Å². The molecule has 0 bridgehead atoms. The van der Waals surface area contributed by atoms with Gasteiger partial charge in [0.2, 0.25) is 0 Å². The molecule has 0 saturated carbocycles. The van der Waals surface area contributed by atoms with Crippen molar-refractivity contribution in [3.8, 4) is 6.07 Å². The van der Waals surface area contributed by atoms with E-state index in [0.29, 0.717) is 14.9 Å². The third-order valence-corrected chi connectivity index (χ3v) is 5.21. The highest BCUT2D eigenvalue weighted by Crippen LogP contribution is 2.29. The van der Waals surface area contributed by atoms with Gasteiger partial charge < -0.3 is 0 Å². The highest BCUT2D eigenvalue weighted by atomic mass is 35.5. The van der Waals surface area contributed by atoms with Crippen LogP contribution in [0.5, 0.6) is 0 Å². The number of nitrogens with zero attached hydrogens (tertiary/aromatic N) is 1. The third-order valence-electron chi connectivity index (χ3n) is 2.82. The maximum Gasteiger partial charge on any atom is 0.0831 e. The molecule has 20 heavy (non-hydrogen) atoms. The Labute approximate surface area is 130 Å². The fourth-order valence-corrected chi connectivity index (χ4v) is 4.05. The summed E-state index contributed by atoms with van der Waals surface area (Å²) in [5.74, 6) is -0.284. The van der Waals surface area contributed by atoms with E-state index in [1.807, 2.05) is 30.3 Å². The number of hydrogen-bond acceptors (Lipinski definition) is 2. The Kier molecular flexibility index (Phi) is 5.19. The normalized spacial score (nSPS) is 13.4. The lowest BCUT2D eigenvalue weighted by atomic mass is 10.0. The second-order valence-electron chi connectivity index (χ2n) is 4.16. The van der Waals surface area contributed by atoms with Crippen molar-refractivity contribution < 1.29 is 4.21 Å². The van der Waals surface area contributed by atoms with Crippen molar-refractivity contribution in [1.29, 1.82) is 5.26 Å². The molecule has 5 heteroatoms. The molecule has 0 spiro atoms. The molecule has 0 heterocycles. The van der Waals surface area contributed by atoms with Gasteiger partial charge in [0, 0.05) is 5.75 Å². The van der Waals surface area contributed by atoms with E-state index in [9.17, 15) is 9.47 Å². The first-order chi connectivity index (χ1) is 9.63. The molecule has 0 saturated heterocycles. The predicted octanol–water partition coefficient (Wildman–Crippen LogP) is 4.41. The third kappa shape index (κ3) is 3.40. The molecule has 0 aromatic heterocycles. The van der Waals surface area contributed by atoms with E-state index in [0.717, 1.165) is 5.56 Å². The van der Waals surface area contributed by atoms with E-state index in [1.54, 1.807) is 18.2 Å². The first-order valence-electron chi connectivity index (χ1n) is 5.90. The second kappa shape index (κ2) is 6.90. The lowest BCUT2D eigenvalue weighted by Gasteiger charge is -2.11. The molecule has 0 aliphatic rings. The van der Waals surface area contributed by atoms with Crippen molar-refractivity contribution in [2.24, 2.45) is 0 Å². The number of hydrogen-bond donors (Lipinski definition) is 0. The molecular formula is C15H11Cl2NOS. The molecule has 2 aromatic carbocycles. The minimum atomic E-state index is -1.42. The summed E-state index contributed by atoms with van der Waals surface area (Å²) in [5, 5.41) is 9.99. The van der Waals surface area contributed by atoms with Crippen molar-refractivity contribution in [1.82, 2.24) is 0 Å². The van der Waals surface area contributed by atoms with Crippen LogP contribution in [0.25, 0.3) is 0 Å². The van der Waals surface area contributed by atoms with Gasteiger partial charge in [0.15, 0.2) is 0 Å². The van der Waals surface area contributed by atoms with Crippen LogP contribution in [0, 0.1) is 11.3 Å². The Bertz CT molecular complexity index is 647. The largest absolute Gasteiger partial charge is 0.254 e. The second-order valence-corrected chi connectivity index (χ2v) is 6.40. The van der Waals surface area contributed by atoms with Crippen LogP contribution >= 0.6 is 23.2 Å². The van der Waals surface area contributed by atoms with E-state index in [2.05, 4.69) is 6.07 Å². The van der Waals surface area contributed by atoms with Crippen LogP contribution in [0.15, 0.2) is 53.4 Å². The SMILES string of the molecule is N#CC(CS(=O)c1c(Cl)cccc1Cl)c1ccccc1. The number of halogens is 2. The zero-order valence-electron chi connectivity index (χ0n) is 10.4. The lowest BCUT2D eigenvalue weighted by molar-refractivity contribution is 0.680. The van der Waals surface area contributed by atoms with E-state index in [1.165, 1.54) is 0 Å². The molecule has 0 aliphatic carbocycles. The van der Waals surface area contributed by atoms with Crippen molar-refractivity contribution in [2.75, 3.05) is 5.75 Å². The maximum atomic E-state index is 12.4. The van der Waals surface area contributed by atoms with Crippen LogP contribution in [-0.2, 0) is 10.8 Å². The summed E-state index contributed by atoms with van der Waals surface area (Å²) in [6, 6.07) is 16.4. The molecule has 2 aromatic rings. The maximum absolute atomic E-state index is 12.4. The summed E-state index contributed by atoms with van der Waals surface area (Å²) in [6.07, 6.45) is 0. The summed E-state index contributed by atoms with van der Waals surface area (Å²) in [5.41, 5.74) is 0.839. The molecule has 102 valence electrons. The van der Waals surface area contributed by atoms with Gasteiger partial charge in [0.1, 0.15) is 0 Å². The van der Waals surface area contributed by atoms with Crippen molar-refractivity contribution in [3.05, 3.63) is 64.1 Å². The molecule has 2 nitrogen and oxygen atoms in total. The van der Waals surface area contributed by atoms with Crippen LogP contribution in [-0.4, -0.2) is 9.96 Å². The van der Waals surface area contributed by atoms with E-state index >= 15 is 0 Å². The lowest BCUT2D eigenvalue weighted by Crippen LogP contribution is -2.09. The number of benzene rings is 2. The molecule has 0 aliphatic heterocycles.